The minimum absolute atomic E-state index is 0.167. The second-order valence-electron chi connectivity index (χ2n) is 11.7. The van der Waals surface area contributed by atoms with Crippen LogP contribution in [0.15, 0.2) is 0 Å². The molecule has 260 valence electrons. The molecule has 0 aromatic carbocycles. The van der Waals surface area contributed by atoms with Crippen LogP contribution in [0.1, 0.15) is 155 Å². The third-order valence-electron chi connectivity index (χ3n) is 7.36. The van der Waals surface area contributed by atoms with Crippen LogP contribution in [0.5, 0.6) is 0 Å². The summed E-state index contributed by atoms with van der Waals surface area (Å²) in [7, 11) is -4.69. The summed E-state index contributed by atoms with van der Waals surface area (Å²) in [5, 5.41) is 8.80. The molecule has 44 heavy (non-hydrogen) atoms. The largest absolute Gasteiger partial charge is 0.480 e. The van der Waals surface area contributed by atoms with E-state index in [-0.39, 0.29) is 19.4 Å². The van der Waals surface area contributed by atoms with Crippen LogP contribution in [0.3, 0.4) is 0 Å². The molecule has 0 amide bonds. The van der Waals surface area contributed by atoms with E-state index >= 15 is 0 Å². The SMILES string of the molecule is CCCCCCCCCCCCCCCCCCC(=O)OC(COC(=O)CCCCCC)COP(=O)(O)OCC(N)C(=O)O. The van der Waals surface area contributed by atoms with Crippen LogP contribution in [0.4, 0.5) is 0 Å². The molecule has 0 fully saturated rings. The van der Waals surface area contributed by atoms with E-state index in [2.05, 4.69) is 18.4 Å². The quantitative estimate of drug-likeness (QED) is 0.0371. The number of carbonyl (C=O) groups is 3. The van der Waals surface area contributed by atoms with Crippen molar-refractivity contribution in [3.05, 3.63) is 0 Å². The molecule has 4 N–H and O–H groups in total. The topological polar surface area (TPSA) is 172 Å². The first-order valence-electron chi connectivity index (χ1n) is 17.1. The highest BCUT2D eigenvalue weighted by Crippen LogP contribution is 2.43. The first-order valence-corrected chi connectivity index (χ1v) is 18.6. The van der Waals surface area contributed by atoms with E-state index in [0.717, 1.165) is 38.5 Å². The van der Waals surface area contributed by atoms with Crippen molar-refractivity contribution in [2.45, 2.75) is 167 Å². The molecule has 0 heterocycles. The minimum Gasteiger partial charge on any atom is -0.480 e. The van der Waals surface area contributed by atoms with E-state index in [0.29, 0.717) is 12.8 Å². The highest BCUT2D eigenvalue weighted by Gasteiger charge is 2.28. The number of nitrogens with two attached hydrogens (primary N) is 1. The van der Waals surface area contributed by atoms with Crippen molar-refractivity contribution in [1.29, 1.82) is 0 Å². The van der Waals surface area contributed by atoms with Gasteiger partial charge in [-0.25, -0.2) is 4.57 Å². The number of hydrogen-bond acceptors (Lipinski definition) is 9. The maximum Gasteiger partial charge on any atom is 0.472 e. The van der Waals surface area contributed by atoms with Crippen molar-refractivity contribution in [3.8, 4) is 0 Å². The molecule has 0 aliphatic heterocycles. The predicted octanol–water partition coefficient (Wildman–Crippen LogP) is 7.61. The third kappa shape index (κ3) is 28.0. The fraction of sp³-hybridized carbons (Fsp3) is 0.906. The first-order chi connectivity index (χ1) is 21.1. The summed E-state index contributed by atoms with van der Waals surface area (Å²) in [5.41, 5.74) is 5.28. The monoisotopic (exact) mass is 651 g/mol. The number of phosphoric acid groups is 1. The van der Waals surface area contributed by atoms with Gasteiger partial charge in [0.25, 0.3) is 0 Å². The Morgan fingerprint density at radius 2 is 1.00 bits per heavy atom. The molecular formula is C32H62NO10P. The van der Waals surface area contributed by atoms with Gasteiger partial charge < -0.3 is 25.2 Å². The number of carbonyl (C=O) groups excluding carboxylic acids is 2. The van der Waals surface area contributed by atoms with E-state index in [1.807, 2.05) is 0 Å². The van der Waals surface area contributed by atoms with Crippen LogP contribution < -0.4 is 5.73 Å². The molecule has 3 unspecified atom stereocenters. The van der Waals surface area contributed by atoms with E-state index in [4.69, 9.17) is 24.8 Å². The second-order valence-corrected chi connectivity index (χ2v) is 13.1. The van der Waals surface area contributed by atoms with Crippen LogP contribution in [0, 0.1) is 0 Å². The molecule has 11 nitrogen and oxygen atoms in total. The van der Waals surface area contributed by atoms with Gasteiger partial charge in [0.2, 0.25) is 0 Å². The van der Waals surface area contributed by atoms with Gasteiger partial charge in [-0.3, -0.25) is 23.4 Å². The Morgan fingerprint density at radius 3 is 1.45 bits per heavy atom. The lowest BCUT2D eigenvalue weighted by Crippen LogP contribution is -2.34. The highest BCUT2D eigenvalue weighted by atomic mass is 31.2. The lowest BCUT2D eigenvalue weighted by Gasteiger charge is -2.20. The number of carboxylic acids is 1. The average molecular weight is 652 g/mol. The van der Waals surface area contributed by atoms with Crippen LogP contribution in [-0.4, -0.2) is 59.9 Å². The van der Waals surface area contributed by atoms with Crippen LogP contribution >= 0.6 is 7.82 Å². The molecule has 0 rings (SSSR count). The fourth-order valence-corrected chi connectivity index (χ4v) is 5.37. The Balaban J connectivity index is 4.27. The summed E-state index contributed by atoms with van der Waals surface area (Å²) >= 11 is 0. The van der Waals surface area contributed by atoms with Crippen molar-refractivity contribution in [1.82, 2.24) is 0 Å². The Morgan fingerprint density at radius 1 is 0.614 bits per heavy atom. The molecule has 3 atom stereocenters. The number of rotatable bonds is 32. The molecule has 0 bridgehead atoms. The summed E-state index contributed by atoms with van der Waals surface area (Å²) in [6, 6.07) is -1.51. The van der Waals surface area contributed by atoms with Crippen molar-refractivity contribution < 1.29 is 47.5 Å². The number of hydrogen-bond donors (Lipinski definition) is 3. The molecule has 0 aliphatic carbocycles. The second kappa shape index (κ2) is 28.9. The number of esters is 2. The summed E-state index contributed by atoms with van der Waals surface area (Å²) in [6.45, 7) is 2.64. The standard InChI is InChI=1S/C32H62NO10P/c1-3-5-7-9-10-11-12-13-14-15-16-17-18-19-20-22-24-31(35)43-28(25-40-30(34)23-21-8-6-4-2)26-41-44(38,39)42-27-29(33)32(36)37/h28-29H,3-27,33H2,1-2H3,(H,36,37)(H,38,39). The molecule has 0 spiro atoms. The van der Waals surface area contributed by atoms with Gasteiger partial charge in [-0.15, -0.1) is 0 Å². The summed E-state index contributed by atoms with van der Waals surface area (Å²) < 4.78 is 32.2. The molecule has 0 aromatic heterocycles. The molecule has 0 saturated carbocycles. The van der Waals surface area contributed by atoms with Gasteiger partial charge in [-0.2, -0.15) is 0 Å². The van der Waals surface area contributed by atoms with Gasteiger partial charge in [0, 0.05) is 12.8 Å². The lowest BCUT2D eigenvalue weighted by atomic mass is 10.0. The number of ether oxygens (including phenoxy) is 2. The molecular weight excluding hydrogens is 589 g/mol. The van der Waals surface area contributed by atoms with E-state index in [9.17, 15) is 23.8 Å². The fourth-order valence-electron chi connectivity index (χ4n) is 4.59. The van der Waals surface area contributed by atoms with Gasteiger partial charge in [0.1, 0.15) is 12.6 Å². The summed E-state index contributed by atoms with van der Waals surface area (Å²) in [4.78, 5) is 45.2. The van der Waals surface area contributed by atoms with Gasteiger partial charge in [0.05, 0.1) is 13.2 Å². The van der Waals surface area contributed by atoms with Gasteiger partial charge >= 0.3 is 25.7 Å². The Bertz CT molecular complexity index is 782. The smallest absolute Gasteiger partial charge is 0.472 e. The summed E-state index contributed by atoms with van der Waals surface area (Å²) in [6.07, 6.45) is 22.5. The lowest BCUT2D eigenvalue weighted by molar-refractivity contribution is -0.161. The molecule has 0 saturated heterocycles. The zero-order valence-corrected chi connectivity index (χ0v) is 28.4. The maximum atomic E-state index is 12.4. The number of carboxylic acid groups (broad SMARTS) is 1. The molecule has 12 heteroatoms. The van der Waals surface area contributed by atoms with Gasteiger partial charge in [-0.1, -0.05) is 129 Å². The zero-order valence-electron chi connectivity index (χ0n) is 27.5. The first kappa shape index (κ1) is 42.5. The number of phosphoric ester groups is 1. The van der Waals surface area contributed by atoms with E-state index < -0.39 is 51.1 Å². The molecule has 0 aromatic rings. The van der Waals surface area contributed by atoms with Gasteiger partial charge in [-0.05, 0) is 12.8 Å². The van der Waals surface area contributed by atoms with Crippen LogP contribution in [0.25, 0.3) is 0 Å². The van der Waals surface area contributed by atoms with Crippen molar-refractivity contribution in [2.24, 2.45) is 5.73 Å². The van der Waals surface area contributed by atoms with Gasteiger partial charge in [0.15, 0.2) is 6.10 Å². The molecule has 0 radical (unpaired) electrons. The van der Waals surface area contributed by atoms with Crippen molar-refractivity contribution in [3.63, 3.8) is 0 Å². The van der Waals surface area contributed by atoms with Crippen molar-refractivity contribution >= 4 is 25.7 Å². The zero-order chi connectivity index (χ0) is 32.9. The number of aliphatic carboxylic acids is 1. The highest BCUT2D eigenvalue weighted by molar-refractivity contribution is 7.47. The third-order valence-corrected chi connectivity index (χ3v) is 8.31. The Kier molecular flexibility index (Phi) is 27.9. The van der Waals surface area contributed by atoms with Crippen LogP contribution in [0.2, 0.25) is 0 Å². The maximum absolute atomic E-state index is 12.4. The van der Waals surface area contributed by atoms with E-state index in [1.165, 1.54) is 77.0 Å². The Labute approximate surface area is 265 Å². The normalized spacial score (nSPS) is 14.1. The van der Waals surface area contributed by atoms with Crippen LogP contribution in [-0.2, 0) is 37.5 Å². The molecule has 0 aliphatic rings. The predicted molar refractivity (Wildman–Crippen MR) is 171 cm³/mol. The van der Waals surface area contributed by atoms with E-state index in [1.54, 1.807) is 0 Å². The van der Waals surface area contributed by atoms with Crippen molar-refractivity contribution in [2.75, 3.05) is 19.8 Å². The number of unbranched alkanes of at least 4 members (excludes halogenated alkanes) is 18. The minimum atomic E-state index is -4.69. The average Bonchev–Trinajstić information content (AvgIpc) is 2.99. The Hall–Kier alpha value is -1.52. The summed E-state index contributed by atoms with van der Waals surface area (Å²) in [5.74, 6) is -2.39.